The zero-order valence-corrected chi connectivity index (χ0v) is 27.1. The second-order valence-electron chi connectivity index (χ2n) is 12.3. The Morgan fingerprint density at radius 1 is 0.280 bits per heavy atom. The molecule has 0 aliphatic rings. The Hall–Kier alpha value is -6.78. The SMILES string of the molecule is c1ccc(-c2cccc(-c3cccc4c(-c5ccc(-c6nc(-c7ccccc7)nc(-c7ccccc7)n6)cc5)nc5ccccc5c34)c2)cc1. The van der Waals surface area contributed by atoms with Crippen molar-refractivity contribution in [2.75, 3.05) is 0 Å². The third-order valence-corrected chi connectivity index (χ3v) is 9.12. The second-order valence-corrected chi connectivity index (χ2v) is 12.3. The largest absolute Gasteiger partial charge is 0.247 e. The maximum atomic E-state index is 5.24. The highest BCUT2D eigenvalue weighted by molar-refractivity contribution is 6.17. The molecule has 0 N–H and O–H groups in total. The highest BCUT2D eigenvalue weighted by atomic mass is 15.0. The predicted molar refractivity (Wildman–Crippen MR) is 205 cm³/mol. The third kappa shape index (κ3) is 5.49. The van der Waals surface area contributed by atoms with Gasteiger partial charge in [0.1, 0.15) is 0 Å². The molecule has 0 bridgehead atoms. The molecule has 9 aromatic rings. The number of hydrogen-bond donors (Lipinski definition) is 0. The van der Waals surface area contributed by atoms with Crippen LogP contribution < -0.4 is 0 Å². The zero-order chi connectivity index (χ0) is 33.3. The number of benzene rings is 7. The van der Waals surface area contributed by atoms with Crippen LogP contribution in [0.5, 0.6) is 0 Å². The van der Waals surface area contributed by atoms with E-state index in [4.69, 9.17) is 19.9 Å². The number of nitrogens with zero attached hydrogens (tertiary/aromatic N) is 4. The van der Waals surface area contributed by atoms with Gasteiger partial charge in [-0.3, -0.25) is 0 Å². The van der Waals surface area contributed by atoms with Crippen LogP contribution >= 0.6 is 0 Å². The molecule has 0 aliphatic carbocycles. The minimum atomic E-state index is 0.626. The fraction of sp³-hybridized carbons (Fsp3) is 0. The van der Waals surface area contributed by atoms with E-state index in [0.29, 0.717) is 17.5 Å². The average Bonchev–Trinajstić information content (AvgIpc) is 3.21. The molecule has 4 heteroatoms. The molecule has 0 fully saturated rings. The normalized spacial score (nSPS) is 11.2. The fourth-order valence-electron chi connectivity index (χ4n) is 6.68. The Morgan fingerprint density at radius 3 is 1.38 bits per heavy atom. The zero-order valence-electron chi connectivity index (χ0n) is 27.1. The second kappa shape index (κ2) is 12.7. The van der Waals surface area contributed by atoms with Gasteiger partial charge in [0.05, 0.1) is 11.2 Å². The first-order valence-corrected chi connectivity index (χ1v) is 16.7. The maximum Gasteiger partial charge on any atom is 0.164 e. The van der Waals surface area contributed by atoms with E-state index in [1.807, 2.05) is 60.7 Å². The molecule has 0 radical (unpaired) electrons. The lowest BCUT2D eigenvalue weighted by atomic mass is 9.91. The van der Waals surface area contributed by atoms with Crippen LogP contribution in [0.25, 0.3) is 89.4 Å². The maximum absolute atomic E-state index is 5.24. The molecule has 0 atom stereocenters. The Morgan fingerprint density at radius 2 is 0.740 bits per heavy atom. The molecule has 0 amide bonds. The standard InChI is InChI=1S/C46H30N4/c1-4-14-31(15-5-1)36-20-12-21-37(30-36)38-23-13-24-40-42(38)39-22-10-11-25-41(39)47-43(40)32-26-28-35(29-27-32)46-49-44(33-16-6-2-7-17-33)48-45(50-46)34-18-8-3-9-19-34/h1-30H. The molecule has 2 aromatic heterocycles. The number of para-hydroxylation sites is 1. The van der Waals surface area contributed by atoms with Crippen LogP contribution in [-0.4, -0.2) is 19.9 Å². The summed E-state index contributed by atoms with van der Waals surface area (Å²) in [5, 5.41) is 3.44. The Kier molecular flexibility index (Phi) is 7.45. The number of rotatable bonds is 6. The van der Waals surface area contributed by atoms with E-state index in [1.54, 1.807) is 0 Å². The van der Waals surface area contributed by atoms with Gasteiger partial charge in [0.15, 0.2) is 17.5 Å². The molecule has 234 valence electrons. The number of hydrogen-bond acceptors (Lipinski definition) is 4. The van der Waals surface area contributed by atoms with Gasteiger partial charge in [-0.15, -0.1) is 0 Å². The fourth-order valence-corrected chi connectivity index (χ4v) is 6.68. The first kappa shape index (κ1) is 29.4. The number of fused-ring (bicyclic) bond motifs is 3. The van der Waals surface area contributed by atoms with Gasteiger partial charge < -0.3 is 0 Å². The van der Waals surface area contributed by atoms with Crippen LogP contribution in [0.2, 0.25) is 0 Å². The summed E-state index contributed by atoms with van der Waals surface area (Å²) in [5.41, 5.74) is 10.5. The average molecular weight is 639 g/mol. The quantitative estimate of drug-likeness (QED) is 0.170. The summed E-state index contributed by atoms with van der Waals surface area (Å²) < 4.78 is 0. The minimum Gasteiger partial charge on any atom is -0.247 e. The Balaban J connectivity index is 1.17. The lowest BCUT2D eigenvalue weighted by Gasteiger charge is -2.15. The topological polar surface area (TPSA) is 51.6 Å². The molecule has 0 saturated heterocycles. The smallest absolute Gasteiger partial charge is 0.164 e. The molecule has 50 heavy (non-hydrogen) atoms. The molecule has 0 saturated carbocycles. The van der Waals surface area contributed by atoms with Crippen molar-refractivity contribution in [1.82, 2.24) is 19.9 Å². The summed E-state index contributed by atoms with van der Waals surface area (Å²) in [5.74, 6) is 1.91. The highest BCUT2D eigenvalue weighted by Gasteiger charge is 2.16. The van der Waals surface area contributed by atoms with Crippen molar-refractivity contribution in [2.45, 2.75) is 0 Å². The number of pyridine rings is 1. The lowest BCUT2D eigenvalue weighted by Crippen LogP contribution is -2.00. The van der Waals surface area contributed by atoms with Crippen LogP contribution in [0.4, 0.5) is 0 Å². The van der Waals surface area contributed by atoms with E-state index in [0.717, 1.165) is 44.2 Å². The first-order chi connectivity index (χ1) is 24.8. The summed E-state index contributed by atoms with van der Waals surface area (Å²) in [7, 11) is 0. The van der Waals surface area contributed by atoms with Crippen LogP contribution in [0.1, 0.15) is 0 Å². The summed E-state index contributed by atoms with van der Waals surface area (Å²) in [4.78, 5) is 20.0. The summed E-state index contributed by atoms with van der Waals surface area (Å²) in [6.07, 6.45) is 0. The Bertz CT molecular complexity index is 2560. The van der Waals surface area contributed by atoms with E-state index in [-0.39, 0.29) is 0 Å². The summed E-state index contributed by atoms with van der Waals surface area (Å²) in [6, 6.07) is 62.9. The molecule has 7 aromatic carbocycles. The lowest BCUT2D eigenvalue weighted by molar-refractivity contribution is 1.07. The van der Waals surface area contributed by atoms with Gasteiger partial charge in [0, 0.05) is 38.4 Å². The van der Waals surface area contributed by atoms with Crippen molar-refractivity contribution in [3.63, 3.8) is 0 Å². The van der Waals surface area contributed by atoms with Crippen molar-refractivity contribution in [2.24, 2.45) is 0 Å². The monoisotopic (exact) mass is 638 g/mol. The van der Waals surface area contributed by atoms with E-state index >= 15 is 0 Å². The van der Waals surface area contributed by atoms with E-state index in [9.17, 15) is 0 Å². The molecule has 0 spiro atoms. The third-order valence-electron chi connectivity index (χ3n) is 9.12. The first-order valence-electron chi connectivity index (χ1n) is 16.7. The van der Waals surface area contributed by atoms with Gasteiger partial charge in [-0.1, -0.05) is 170 Å². The summed E-state index contributed by atoms with van der Waals surface area (Å²) in [6.45, 7) is 0. The molecule has 9 rings (SSSR count). The van der Waals surface area contributed by atoms with Crippen LogP contribution in [0, 0.1) is 0 Å². The molecular formula is C46H30N4. The predicted octanol–water partition coefficient (Wildman–Crippen LogP) is 11.6. The van der Waals surface area contributed by atoms with Crippen molar-refractivity contribution in [1.29, 1.82) is 0 Å². The number of aromatic nitrogens is 4. The van der Waals surface area contributed by atoms with Crippen molar-refractivity contribution >= 4 is 21.7 Å². The van der Waals surface area contributed by atoms with Gasteiger partial charge >= 0.3 is 0 Å². The highest BCUT2D eigenvalue weighted by Crippen LogP contribution is 2.39. The van der Waals surface area contributed by atoms with Crippen LogP contribution in [0.3, 0.4) is 0 Å². The van der Waals surface area contributed by atoms with Crippen LogP contribution in [0.15, 0.2) is 182 Å². The summed E-state index contributed by atoms with van der Waals surface area (Å²) >= 11 is 0. The van der Waals surface area contributed by atoms with Gasteiger partial charge in [0.25, 0.3) is 0 Å². The van der Waals surface area contributed by atoms with E-state index in [1.165, 1.54) is 27.6 Å². The molecular weight excluding hydrogens is 609 g/mol. The van der Waals surface area contributed by atoms with Crippen molar-refractivity contribution < 1.29 is 0 Å². The van der Waals surface area contributed by atoms with Gasteiger partial charge in [0.2, 0.25) is 0 Å². The van der Waals surface area contributed by atoms with Gasteiger partial charge in [-0.2, -0.15) is 0 Å². The van der Waals surface area contributed by atoms with Crippen molar-refractivity contribution in [3.8, 4) is 67.7 Å². The Labute approximate surface area is 290 Å². The van der Waals surface area contributed by atoms with E-state index < -0.39 is 0 Å². The van der Waals surface area contributed by atoms with Crippen molar-refractivity contribution in [3.05, 3.63) is 182 Å². The molecule has 4 nitrogen and oxygen atoms in total. The van der Waals surface area contributed by atoms with Gasteiger partial charge in [-0.25, -0.2) is 19.9 Å². The van der Waals surface area contributed by atoms with E-state index in [2.05, 4.69) is 121 Å². The minimum absolute atomic E-state index is 0.626. The molecule has 2 heterocycles. The van der Waals surface area contributed by atoms with Crippen LogP contribution in [-0.2, 0) is 0 Å². The molecule has 0 unspecified atom stereocenters. The van der Waals surface area contributed by atoms with Gasteiger partial charge in [-0.05, 0) is 34.4 Å². The molecule has 0 aliphatic heterocycles.